The second-order valence-corrected chi connectivity index (χ2v) is 4.03. The van der Waals surface area contributed by atoms with Crippen LogP contribution in [-0.4, -0.2) is 36.3 Å². The average Bonchev–Trinajstić information content (AvgIpc) is 2.43. The number of aliphatic hydroxyl groups is 1. The van der Waals surface area contributed by atoms with Crippen LogP contribution in [0.4, 0.5) is 14.6 Å². The number of nitrogens with zero attached hydrogens (tertiary/aromatic N) is 1. The molecule has 2 aromatic rings. The van der Waals surface area contributed by atoms with Crippen molar-refractivity contribution >= 4 is 16.6 Å². The number of anilines is 1. The van der Waals surface area contributed by atoms with Crippen molar-refractivity contribution in [2.75, 3.05) is 19.0 Å². The van der Waals surface area contributed by atoms with Crippen molar-refractivity contribution in [3.63, 3.8) is 0 Å². The van der Waals surface area contributed by atoms with Crippen molar-refractivity contribution in [3.05, 3.63) is 30.5 Å². The molecular formula is C13H14F2N2O2. The third kappa shape index (κ3) is 3.08. The fraction of sp³-hybridized carbons (Fsp3) is 0.308. The quantitative estimate of drug-likeness (QED) is 0.873. The minimum Gasteiger partial charge on any atom is -0.497 e. The first-order valence-electron chi connectivity index (χ1n) is 5.74. The van der Waals surface area contributed by atoms with Crippen molar-refractivity contribution < 1.29 is 18.6 Å². The molecule has 6 heteroatoms. The Hall–Kier alpha value is -1.95. The molecule has 0 aliphatic carbocycles. The van der Waals surface area contributed by atoms with E-state index < -0.39 is 12.5 Å². The fourth-order valence-corrected chi connectivity index (χ4v) is 1.71. The van der Waals surface area contributed by atoms with Crippen molar-refractivity contribution in [3.8, 4) is 5.75 Å². The smallest absolute Gasteiger partial charge is 0.265 e. The van der Waals surface area contributed by atoms with Gasteiger partial charge in [0.25, 0.3) is 6.43 Å². The SMILES string of the molecule is COc1ccc2ccnc(NCC(O)C(F)F)c2c1. The van der Waals surface area contributed by atoms with Crippen molar-refractivity contribution in [1.82, 2.24) is 4.98 Å². The van der Waals surface area contributed by atoms with Crippen LogP contribution in [0.5, 0.6) is 5.75 Å². The summed E-state index contributed by atoms with van der Waals surface area (Å²) >= 11 is 0. The maximum Gasteiger partial charge on any atom is 0.265 e. The van der Waals surface area contributed by atoms with Gasteiger partial charge in [0.15, 0.2) is 0 Å². The molecule has 0 aliphatic rings. The summed E-state index contributed by atoms with van der Waals surface area (Å²) < 4.78 is 29.6. The van der Waals surface area contributed by atoms with Gasteiger partial charge in [0, 0.05) is 18.1 Å². The van der Waals surface area contributed by atoms with Gasteiger partial charge in [0.2, 0.25) is 0 Å². The molecular weight excluding hydrogens is 254 g/mol. The van der Waals surface area contributed by atoms with Gasteiger partial charge in [-0.15, -0.1) is 0 Å². The summed E-state index contributed by atoms with van der Waals surface area (Å²) in [4.78, 5) is 4.09. The number of aromatic nitrogens is 1. The van der Waals surface area contributed by atoms with Crippen LogP contribution in [-0.2, 0) is 0 Å². The first kappa shape index (κ1) is 13.5. The molecule has 1 unspecified atom stereocenters. The summed E-state index contributed by atoms with van der Waals surface area (Å²) in [6, 6.07) is 7.23. The zero-order valence-corrected chi connectivity index (χ0v) is 10.3. The molecule has 1 heterocycles. The molecule has 0 bridgehead atoms. The zero-order chi connectivity index (χ0) is 13.8. The summed E-state index contributed by atoms with van der Waals surface area (Å²) in [7, 11) is 1.55. The Morgan fingerprint density at radius 1 is 1.37 bits per heavy atom. The van der Waals surface area contributed by atoms with E-state index in [2.05, 4.69) is 10.3 Å². The monoisotopic (exact) mass is 268 g/mol. The Morgan fingerprint density at radius 3 is 2.84 bits per heavy atom. The third-order valence-corrected chi connectivity index (χ3v) is 2.74. The predicted octanol–water partition coefficient (Wildman–Crippen LogP) is 2.28. The summed E-state index contributed by atoms with van der Waals surface area (Å²) in [5.41, 5.74) is 0. The first-order valence-corrected chi connectivity index (χ1v) is 5.74. The molecule has 4 nitrogen and oxygen atoms in total. The molecule has 2 rings (SSSR count). The lowest BCUT2D eigenvalue weighted by Crippen LogP contribution is -2.27. The lowest BCUT2D eigenvalue weighted by molar-refractivity contribution is 0.00382. The van der Waals surface area contributed by atoms with E-state index in [4.69, 9.17) is 9.84 Å². The Morgan fingerprint density at radius 2 is 2.16 bits per heavy atom. The van der Waals surface area contributed by atoms with E-state index >= 15 is 0 Å². The van der Waals surface area contributed by atoms with E-state index in [-0.39, 0.29) is 6.54 Å². The molecule has 1 atom stereocenters. The molecule has 19 heavy (non-hydrogen) atoms. The number of fused-ring (bicyclic) bond motifs is 1. The molecule has 0 aliphatic heterocycles. The fourth-order valence-electron chi connectivity index (χ4n) is 1.71. The maximum absolute atomic E-state index is 12.2. The number of hydrogen-bond donors (Lipinski definition) is 2. The molecule has 0 spiro atoms. The van der Waals surface area contributed by atoms with Gasteiger partial charge >= 0.3 is 0 Å². The van der Waals surface area contributed by atoms with E-state index in [1.165, 1.54) is 0 Å². The molecule has 1 aromatic heterocycles. The molecule has 2 N–H and O–H groups in total. The minimum atomic E-state index is -2.78. The lowest BCUT2D eigenvalue weighted by Gasteiger charge is -2.13. The van der Waals surface area contributed by atoms with E-state index in [1.807, 2.05) is 12.1 Å². The van der Waals surface area contributed by atoms with Crippen molar-refractivity contribution in [1.29, 1.82) is 0 Å². The number of methoxy groups -OCH3 is 1. The van der Waals surface area contributed by atoms with Crippen LogP contribution in [0.1, 0.15) is 0 Å². The molecule has 0 radical (unpaired) electrons. The number of halogens is 2. The Bertz CT molecular complexity index is 563. The summed E-state index contributed by atoms with van der Waals surface area (Å²) in [6.45, 7) is -0.263. The zero-order valence-electron chi connectivity index (χ0n) is 10.3. The van der Waals surface area contributed by atoms with Gasteiger partial charge in [0.05, 0.1) is 7.11 Å². The predicted molar refractivity (Wildman–Crippen MR) is 68.8 cm³/mol. The van der Waals surface area contributed by atoms with Gasteiger partial charge in [-0.25, -0.2) is 13.8 Å². The van der Waals surface area contributed by atoms with Gasteiger partial charge in [0.1, 0.15) is 17.7 Å². The second-order valence-electron chi connectivity index (χ2n) is 4.03. The second kappa shape index (κ2) is 5.79. The summed E-state index contributed by atoms with van der Waals surface area (Å²) in [5.74, 6) is 1.09. The van der Waals surface area contributed by atoms with Crippen molar-refractivity contribution in [2.45, 2.75) is 12.5 Å². The summed E-state index contributed by atoms with van der Waals surface area (Å²) in [5, 5.41) is 13.5. The maximum atomic E-state index is 12.2. The average molecular weight is 268 g/mol. The number of rotatable bonds is 5. The Labute approximate surface area is 109 Å². The lowest BCUT2D eigenvalue weighted by atomic mass is 10.1. The Balaban J connectivity index is 2.27. The normalized spacial score (nSPS) is 12.7. The molecule has 0 saturated carbocycles. The van der Waals surface area contributed by atoms with Crippen LogP contribution < -0.4 is 10.1 Å². The molecule has 0 saturated heterocycles. The van der Waals surface area contributed by atoms with Crippen LogP contribution in [0.3, 0.4) is 0 Å². The topological polar surface area (TPSA) is 54.4 Å². The number of aliphatic hydroxyl groups excluding tert-OH is 1. The van der Waals surface area contributed by atoms with Crippen LogP contribution in [0.25, 0.3) is 10.8 Å². The number of ether oxygens (including phenoxy) is 1. The van der Waals surface area contributed by atoms with Crippen molar-refractivity contribution in [2.24, 2.45) is 0 Å². The van der Waals surface area contributed by atoms with E-state index in [0.717, 1.165) is 10.8 Å². The van der Waals surface area contributed by atoms with Gasteiger partial charge in [-0.05, 0) is 23.6 Å². The van der Waals surface area contributed by atoms with E-state index in [9.17, 15) is 8.78 Å². The molecule has 0 amide bonds. The minimum absolute atomic E-state index is 0.263. The Kier molecular flexibility index (Phi) is 4.11. The number of nitrogens with one attached hydrogen (secondary N) is 1. The van der Waals surface area contributed by atoms with E-state index in [0.29, 0.717) is 11.6 Å². The third-order valence-electron chi connectivity index (χ3n) is 2.74. The highest BCUT2D eigenvalue weighted by atomic mass is 19.3. The molecule has 0 fully saturated rings. The number of benzene rings is 1. The highest BCUT2D eigenvalue weighted by molar-refractivity contribution is 5.92. The van der Waals surface area contributed by atoms with Crippen LogP contribution in [0, 0.1) is 0 Å². The number of pyridine rings is 1. The number of hydrogen-bond acceptors (Lipinski definition) is 4. The van der Waals surface area contributed by atoms with Crippen LogP contribution >= 0.6 is 0 Å². The number of alkyl halides is 2. The highest BCUT2D eigenvalue weighted by Crippen LogP contribution is 2.25. The van der Waals surface area contributed by atoms with Crippen LogP contribution in [0.2, 0.25) is 0 Å². The van der Waals surface area contributed by atoms with Gasteiger partial charge in [-0.3, -0.25) is 0 Å². The van der Waals surface area contributed by atoms with Crippen LogP contribution in [0.15, 0.2) is 30.5 Å². The first-order chi connectivity index (χ1) is 9.11. The highest BCUT2D eigenvalue weighted by Gasteiger charge is 2.16. The van der Waals surface area contributed by atoms with Gasteiger partial charge in [-0.1, -0.05) is 6.07 Å². The standard InChI is InChI=1S/C13H14F2N2O2/c1-19-9-3-2-8-4-5-16-13(10(8)6-9)17-7-11(18)12(14)15/h2-6,11-12,18H,7H2,1H3,(H,16,17). The summed E-state index contributed by atoms with van der Waals surface area (Å²) in [6.07, 6.45) is -2.93. The van der Waals surface area contributed by atoms with E-state index in [1.54, 1.807) is 25.4 Å². The molecule has 102 valence electrons. The van der Waals surface area contributed by atoms with Gasteiger partial charge < -0.3 is 15.2 Å². The largest absolute Gasteiger partial charge is 0.497 e. The van der Waals surface area contributed by atoms with Gasteiger partial charge in [-0.2, -0.15) is 0 Å². The molecule has 1 aromatic carbocycles.